The molecule has 0 saturated carbocycles. The van der Waals surface area contributed by atoms with Gasteiger partial charge in [0.2, 0.25) is 0 Å². The topological polar surface area (TPSA) is 57.2 Å². The number of sulfone groups is 1. The number of halogens is 1. The van der Waals surface area contributed by atoms with Gasteiger partial charge in [-0.05, 0) is 30.0 Å². The van der Waals surface area contributed by atoms with Crippen molar-refractivity contribution in [2.24, 2.45) is 0 Å². The van der Waals surface area contributed by atoms with E-state index >= 15 is 0 Å². The predicted molar refractivity (Wildman–Crippen MR) is 87.3 cm³/mol. The van der Waals surface area contributed by atoms with Crippen LogP contribution < -0.4 is 0 Å². The summed E-state index contributed by atoms with van der Waals surface area (Å²) in [7, 11) is -3.16. The van der Waals surface area contributed by atoms with Crippen molar-refractivity contribution in [1.82, 2.24) is 0 Å². The van der Waals surface area contributed by atoms with Crippen molar-refractivity contribution in [3.05, 3.63) is 35.0 Å². The van der Waals surface area contributed by atoms with E-state index in [0.29, 0.717) is 30.4 Å². The third kappa shape index (κ3) is 4.68. The summed E-state index contributed by atoms with van der Waals surface area (Å²) in [6.45, 7) is 4.01. The van der Waals surface area contributed by atoms with Gasteiger partial charge >= 0.3 is 0 Å². The smallest absolute Gasteiger partial charge is 0.175 e. The van der Waals surface area contributed by atoms with E-state index in [1.807, 2.05) is 13.0 Å². The molecule has 0 aliphatic carbocycles. The van der Waals surface area contributed by atoms with E-state index in [9.17, 15) is 13.6 Å². The van der Waals surface area contributed by atoms with Gasteiger partial charge in [-0.2, -0.15) is 0 Å². The van der Waals surface area contributed by atoms with Gasteiger partial charge in [0.05, 0.1) is 24.5 Å². The first-order valence-corrected chi connectivity index (χ1v) is 9.10. The van der Waals surface area contributed by atoms with Crippen molar-refractivity contribution in [3.63, 3.8) is 0 Å². The molecule has 0 amide bonds. The Bertz CT molecular complexity index is 566. The Hall–Kier alpha value is -0.620. The highest BCUT2D eigenvalue weighted by Crippen LogP contribution is 2.32. The second-order valence-corrected chi connectivity index (χ2v) is 7.86. The summed E-state index contributed by atoms with van der Waals surface area (Å²) >= 11 is 0. The highest BCUT2D eigenvalue weighted by molar-refractivity contribution is 7.90. The Morgan fingerprint density at radius 1 is 1.29 bits per heavy atom. The SMILES string of the molecule is CCC[N+]1([O-])CCC(c2cccc(S(C)(=O)=O)c2)CC1.Cl. The number of hydrogen-bond donors (Lipinski definition) is 0. The molecule has 4 nitrogen and oxygen atoms in total. The number of hydroxylamine groups is 3. The predicted octanol–water partition coefficient (Wildman–Crippen LogP) is 3.11. The van der Waals surface area contributed by atoms with Crippen LogP contribution in [0.15, 0.2) is 29.2 Å². The second-order valence-electron chi connectivity index (χ2n) is 5.85. The Balaban J connectivity index is 0.00000220. The normalized spacial score (nSPS) is 26.1. The molecule has 0 bridgehead atoms. The van der Waals surface area contributed by atoms with E-state index < -0.39 is 9.84 Å². The molecule has 0 N–H and O–H groups in total. The zero-order valence-corrected chi connectivity index (χ0v) is 14.3. The van der Waals surface area contributed by atoms with Crippen LogP contribution >= 0.6 is 12.4 Å². The standard InChI is InChI=1S/C15H23NO3S.ClH/c1-3-9-16(17)10-7-13(8-11-16)14-5-4-6-15(12-14)20(2,18)19;/h4-6,12-13H,3,7-11H2,1-2H3;1H. The first-order chi connectivity index (χ1) is 9.34. The molecule has 2 rings (SSSR count). The first-order valence-electron chi connectivity index (χ1n) is 7.21. The fourth-order valence-corrected chi connectivity index (χ4v) is 3.68. The summed E-state index contributed by atoms with van der Waals surface area (Å²) in [5, 5.41) is 12.4. The average Bonchev–Trinajstić information content (AvgIpc) is 2.39. The molecule has 1 aromatic rings. The third-order valence-electron chi connectivity index (χ3n) is 4.16. The summed E-state index contributed by atoms with van der Waals surface area (Å²) in [5.41, 5.74) is 1.05. The van der Waals surface area contributed by atoms with Crippen molar-refractivity contribution < 1.29 is 13.1 Å². The Morgan fingerprint density at radius 2 is 1.90 bits per heavy atom. The second kappa shape index (κ2) is 7.09. The molecule has 6 heteroatoms. The lowest BCUT2D eigenvalue weighted by atomic mass is 9.89. The minimum atomic E-state index is -3.16. The summed E-state index contributed by atoms with van der Waals surface area (Å²) in [5.74, 6) is 0.314. The molecule has 1 aromatic carbocycles. The largest absolute Gasteiger partial charge is 0.633 e. The summed E-state index contributed by atoms with van der Waals surface area (Å²) < 4.78 is 23.1. The van der Waals surface area contributed by atoms with Crippen LogP contribution in [-0.4, -0.2) is 39.0 Å². The van der Waals surface area contributed by atoms with Crippen molar-refractivity contribution >= 4 is 22.2 Å². The van der Waals surface area contributed by atoms with Crippen LogP contribution in [0.5, 0.6) is 0 Å². The van der Waals surface area contributed by atoms with Crippen molar-refractivity contribution in [2.75, 3.05) is 25.9 Å². The quantitative estimate of drug-likeness (QED) is 0.628. The number of piperidine rings is 1. The monoisotopic (exact) mass is 333 g/mol. The Kier molecular flexibility index (Phi) is 6.23. The Labute approximate surface area is 133 Å². The number of quaternary nitrogens is 1. The molecular weight excluding hydrogens is 310 g/mol. The lowest BCUT2D eigenvalue weighted by molar-refractivity contribution is -0.886. The summed E-state index contributed by atoms with van der Waals surface area (Å²) in [6.07, 6.45) is 3.83. The zero-order valence-electron chi connectivity index (χ0n) is 12.6. The van der Waals surface area contributed by atoms with E-state index in [-0.39, 0.29) is 17.1 Å². The molecule has 0 radical (unpaired) electrons. The van der Waals surface area contributed by atoms with Crippen LogP contribution in [-0.2, 0) is 9.84 Å². The summed E-state index contributed by atoms with van der Waals surface area (Å²) in [4.78, 5) is 0.372. The lowest BCUT2D eigenvalue weighted by Gasteiger charge is -2.47. The molecule has 1 heterocycles. The van der Waals surface area contributed by atoms with Gasteiger partial charge in [0.1, 0.15) is 0 Å². The van der Waals surface area contributed by atoms with Gasteiger partial charge in [-0.15, -0.1) is 12.4 Å². The fourth-order valence-electron chi connectivity index (χ4n) is 3.00. The molecule has 1 fully saturated rings. The van der Waals surface area contributed by atoms with Crippen LogP contribution in [0.2, 0.25) is 0 Å². The van der Waals surface area contributed by atoms with Crippen LogP contribution in [0.4, 0.5) is 0 Å². The van der Waals surface area contributed by atoms with Gasteiger partial charge in [0, 0.05) is 19.1 Å². The van der Waals surface area contributed by atoms with E-state index in [4.69, 9.17) is 0 Å². The molecule has 21 heavy (non-hydrogen) atoms. The van der Waals surface area contributed by atoms with E-state index in [0.717, 1.165) is 24.8 Å². The van der Waals surface area contributed by atoms with Gasteiger partial charge in [-0.25, -0.2) is 8.42 Å². The van der Waals surface area contributed by atoms with Crippen LogP contribution in [0.1, 0.15) is 37.7 Å². The highest BCUT2D eigenvalue weighted by Gasteiger charge is 2.27. The zero-order chi connectivity index (χ0) is 14.8. The number of rotatable bonds is 4. The maximum Gasteiger partial charge on any atom is 0.175 e. The lowest BCUT2D eigenvalue weighted by Crippen LogP contribution is -2.48. The third-order valence-corrected chi connectivity index (χ3v) is 5.27. The molecule has 1 saturated heterocycles. The molecular formula is C15H24ClNO3S. The molecule has 1 aliphatic heterocycles. The number of hydrogen-bond acceptors (Lipinski definition) is 3. The first kappa shape index (κ1) is 18.4. The van der Waals surface area contributed by atoms with Crippen LogP contribution in [0.3, 0.4) is 0 Å². The fraction of sp³-hybridized carbons (Fsp3) is 0.600. The molecule has 120 valence electrons. The number of nitrogens with zero attached hydrogens (tertiary/aromatic N) is 1. The van der Waals surface area contributed by atoms with Gasteiger partial charge in [0.25, 0.3) is 0 Å². The molecule has 0 atom stereocenters. The van der Waals surface area contributed by atoms with Gasteiger partial charge in [-0.3, -0.25) is 0 Å². The van der Waals surface area contributed by atoms with Crippen molar-refractivity contribution in [3.8, 4) is 0 Å². The van der Waals surface area contributed by atoms with Gasteiger partial charge in [0.15, 0.2) is 9.84 Å². The molecule has 1 aliphatic rings. The van der Waals surface area contributed by atoms with Crippen LogP contribution in [0, 0.1) is 5.21 Å². The minimum absolute atomic E-state index is 0. The highest BCUT2D eigenvalue weighted by atomic mass is 35.5. The Morgan fingerprint density at radius 3 is 2.43 bits per heavy atom. The van der Waals surface area contributed by atoms with Gasteiger partial charge < -0.3 is 9.85 Å². The van der Waals surface area contributed by atoms with Crippen LogP contribution in [0.25, 0.3) is 0 Å². The maximum absolute atomic E-state index is 12.4. The van der Waals surface area contributed by atoms with E-state index in [2.05, 4.69) is 0 Å². The molecule has 0 spiro atoms. The average molecular weight is 334 g/mol. The number of likely N-dealkylation sites (tertiary alicyclic amines) is 1. The maximum atomic E-state index is 12.4. The summed E-state index contributed by atoms with van der Waals surface area (Å²) in [6, 6.07) is 7.17. The van der Waals surface area contributed by atoms with Gasteiger partial charge in [-0.1, -0.05) is 19.1 Å². The molecule has 0 unspecified atom stereocenters. The van der Waals surface area contributed by atoms with E-state index in [1.54, 1.807) is 18.2 Å². The van der Waals surface area contributed by atoms with Crippen molar-refractivity contribution in [1.29, 1.82) is 0 Å². The van der Waals surface area contributed by atoms with E-state index in [1.165, 1.54) is 6.26 Å². The number of benzene rings is 1. The van der Waals surface area contributed by atoms with Crippen molar-refractivity contribution in [2.45, 2.75) is 37.0 Å². The molecule has 0 aromatic heterocycles. The minimum Gasteiger partial charge on any atom is -0.633 e.